The van der Waals surface area contributed by atoms with Crippen LogP contribution in [0.2, 0.25) is 0 Å². The molecule has 0 bridgehead atoms. The first-order chi connectivity index (χ1) is 16.4. The lowest BCUT2D eigenvalue weighted by atomic mass is 9.94. The van der Waals surface area contributed by atoms with Crippen molar-refractivity contribution in [1.82, 2.24) is 20.4 Å². The van der Waals surface area contributed by atoms with E-state index in [2.05, 4.69) is 36.5 Å². The first kappa shape index (κ1) is 23.9. The van der Waals surface area contributed by atoms with E-state index in [1.807, 2.05) is 49.6 Å². The second kappa shape index (κ2) is 10.3. The predicted molar refractivity (Wildman–Crippen MR) is 135 cm³/mol. The van der Waals surface area contributed by atoms with Gasteiger partial charge in [-0.1, -0.05) is 43.3 Å². The Bertz CT molecular complexity index is 1190. The number of carbonyl (C=O) groups excluding carboxylic acids is 1. The molecule has 2 amide bonds. The molecule has 0 fully saturated rings. The minimum absolute atomic E-state index is 0.117. The molecule has 0 aliphatic carbocycles. The fourth-order valence-corrected chi connectivity index (χ4v) is 4.38. The molecule has 8 heteroatoms. The SMILES string of the molecule is COc1cccc(-c2noc(C3=C(C)N(CCC(C)C)C(=O)NC3c3ccc(SC)cc3)n2)c1. The van der Waals surface area contributed by atoms with Crippen LogP contribution in [-0.4, -0.2) is 41.0 Å². The number of benzene rings is 2. The van der Waals surface area contributed by atoms with Crippen molar-refractivity contribution in [2.45, 2.75) is 38.1 Å². The molecule has 1 N–H and O–H groups in total. The van der Waals surface area contributed by atoms with Crippen LogP contribution in [0.5, 0.6) is 5.75 Å². The third-order valence-electron chi connectivity index (χ3n) is 5.96. The zero-order valence-corrected chi connectivity index (χ0v) is 21.0. The van der Waals surface area contributed by atoms with E-state index >= 15 is 0 Å². The highest BCUT2D eigenvalue weighted by molar-refractivity contribution is 7.98. The molecule has 178 valence electrons. The maximum Gasteiger partial charge on any atom is 0.322 e. The van der Waals surface area contributed by atoms with Gasteiger partial charge in [-0.2, -0.15) is 4.98 Å². The highest BCUT2D eigenvalue weighted by Gasteiger charge is 2.35. The van der Waals surface area contributed by atoms with Gasteiger partial charge in [-0.15, -0.1) is 11.8 Å². The second-order valence-electron chi connectivity index (χ2n) is 8.64. The third kappa shape index (κ3) is 4.97. The molecule has 34 heavy (non-hydrogen) atoms. The normalized spacial score (nSPS) is 16.2. The second-order valence-corrected chi connectivity index (χ2v) is 9.52. The number of methoxy groups -OCH3 is 1. The molecule has 1 aliphatic heterocycles. The summed E-state index contributed by atoms with van der Waals surface area (Å²) in [6.07, 6.45) is 2.93. The van der Waals surface area contributed by atoms with Crippen molar-refractivity contribution in [2.24, 2.45) is 5.92 Å². The summed E-state index contributed by atoms with van der Waals surface area (Å²) in [5.74, 6) is 2.06. The van der Waals surface area contributed by atoms with Gasteiger partial charge in [0.2, 0.25) is 5.82 Å². The topological polar surface area (TPSA) is 80.5 Å². The Kier molecular flexibility index (Phi) is 7.26. The summed E-state index contributed by atoms with van der Waals surface area (Å²) in [7, 11) is 1.62. The minimum Gasteiger partial charge on any atom is -0.497 e. The number of hydrogen-bond acceptors (Lipinski definition) is 6. The molecule has 1 aromatic heterocycles. The number of ether oxygens (including phenoxy) is 1. The Morgan fingerprint density at radius 1 is 1.21 bits per heavy atom. The Balaban J connectivity index is 1.77. The van der Waals surface area contributed by atoms with Crippen molar-refractivity contribution in [1.29, 1.82) is 0 Å². The molecular weight excluding hydrogens is 448 g/mol. The standard InChI is InChI=1S/C26H30N4O3S/c1-16(2)13-14-30-17(3)22(23(27-26(30)31)18-9-11-21(34-5)12-10-18)25-28-24(29-33-25)19-7-6-8-20(15-19)32-4/h6-12,15-16,23H,13-14H2,1-5H3,(H,27,31). The molecule has 7 nitrogen and oxygen atoms in total. The number of carbonyl (C=O) groups is 1. The summed E-state index contributed by atoms with van der Waals surface area (Å²) in [5.41, 5.74) is 3.39. The molecule has 0 radical (unpaired) electrons. The number of allylic oxidation sites excluding steroid dienone is 1. The van der Waals surface area contributed by atoms with Gasteiger partial charge in [0.25, 0.3) is 5.89 Å². The Hall–Kier alpha value is -3.26. The quantitative estimate of drug-likeness (QED) is 0.399. The summed E-state index contributed by atoms with van der Waals surface area (Å²) in [5, 5.41) is 7.40. The van der Waals surface area contributed by atoms with Crippen LogP contribution in [0.25, 0.3) is 17.0 Å². The van der Waals surface area contributed by atoms with Crippen molar-refractivity contribution in [3.8, 4) is 17.1 Å². The molecule has 4 rings (SSSR count). The van der Waals surface area contributed by atoms with Crippen molar-refractivity contribution in [2.75, 3.05) is 19.9 Å². The van der Waals surface area contributed by atoms with Gasteiger partial charge in [0.1, 0.15) is 5.75 Å². The number of urea groups is 1. The van der Waals surface area contributed by atoms with Gasteiger partial charge in [0.15, 0.2) is 0 Å². The molecule has 0 saturated carbocycles. The van der Waals surface area contributed by atoms with Crippen LogP contribution in [0, 0.1) is 5.92 Å². The first-order valence-electron chi connectivity index (χ1n) is 11.3. The molecule has 2 aromatic carbocycles. The molecule has 0 spiro atoms. The predicted octanol–water partition coefficient (Wildman–Crippen LogP) is 6.01. The zero-order valence-electron chi connectivity index (χ0n) is 20.2. The maximum absolute atomic E-state index is 13.1. The number of rotatable bonds is 8. The van der Waals surface area contributed by atoms with Crippen LogP contribution in [0.3, 0.4) is 0 Å². The van der Waals surface area contributed by atoms with E-state index in [1.165, 1.54) is 0 Å². The largest absolute Gasteiger partial charge is 0.497 e. The Morgan fingerprint density at radius 3 is 2.65 bits per heavy atom. The van der Waals surface area contributed by atoms with Gasteiger partial charge in [0, 0.05) is 22.7 Å². The Labute approximate surface area is 204 Å². The van der Waals surface area contributed by atoms with E-state index in [0.717, 1.165) is 39.5 Å². The first-order valence-corrected chi connectivity index (χ1v) is 12.5. The molecule has 1 atom stereocenters. The van der Waals surface area contributed by atoms with Gasteiger partial charge in [-0.05, 0) is 55.3 Å². The van der Waals surface area contributed by atoms with E-state index in [4.69, 9.17) is 14.2 Å². The average molecular weight is 479 g/mol. The number of thioether (sulfide) groups is 1. The molecule has 0 saturated heterocycles. The summed E-state index contributed by atoms with van der Waals surface area (Å²) in [6.45, 7) is 6.87. The van der Waals surface area contributed by atoms with Crippen molar-refractivity contribution >= 4 is 23.4 Å². The van der Waals surface area contributed by atoms with Crippen LogP contribution in [0.4, 0.5) is 4.79 Å². The third-order valence-corrected chi connectivity index (χ3v) is 6.70. The molecule has 1 unspecified atom stereocenters. The number of hydrogen-bond donors (Lipinski definition) is 1. The number of aromatic nitrogens is 2. The lowest BCUT2D eigenvalue weighted by Crippen LogP contribution is -2.46. The van der Waals surface area contributed by atoms with Gasteiger partial charge in [-0.3, -0.25) is 4.90 Å². The average Bonchev–Trinajstić information content (AvgIpc) is 3.33. The lowest BCUT2D eigenvalue weighted by molar-refractivity contribution is 0.202. The van der Waals surface area contributed by atoms with Crippen LogP contribution in [-0.2, 0) is 0 Å². The maximum atomic E-state index is 13.1. The highest BCUT2D eigenvalue weighted by atomic mass is 32.2. The number of nitrogens with zero attached hydrogens (tertiary/aromatic N) is 3. The zero-order chi connectivity index (χ0) is 24.2. The van der Waals surface area contributed by atoms with Gasteiger partial charge in [0.05, 0.1) is 18.7 Å². The Morgan fingerprint density at radius 2 is 1.97 bits per heavy atom. The molecule has 1 aliphatic rings. The van der Waals surface area contributed by atoms with Crippen LogP contribution < -0.4 is 10.1 Å². The molecular formula is C26H30N4O3S. The summed E-state index contributed by atoms with van der Waals surface area (Å²) in [6, 6.07) is 15.2. The molecule has 2 heterocycles. The summed E-state index contributed by atoms with van der Waals surface area (Å²) in [4.78, 5) is 20.7. The lowest BCUT2D eigenvalue weighted by Gasteiger charge is -2.35. The highest BCUT2D eigenvalue weighted by Crippen LogP contribution is 2.38. The monoisotopic (exact) mass is 478 g/mol. The van der Waals surface area contributed by atoms with E-state index in [0.29, 0.717) is 24.2 Å². The van der Waals surface area contributed by atoms with Gasteiger partial charge < -0.3 is 14.6 Å². The van der Waals surface area contributed by atoms with Crippen LogP contribution in [0.1, 0.15) is 44.7 Å². The van der Waals surface area contributed by atoms with Gasteiger partial charge in [-0.25, -0.2) is 4.79 Å². The van der Waals surface area contributed by atoms with E-state index < -0.39 is 6.04 Å². The van der Waals surface area contributed by atoms with Crippen molar-refractivity contribution in [3.05, 3.63) is 65.7 Å². The number of amides is 2. The smallest absolute Gasteiger partial charge is 0.322 e. The van der Waals surface area contributed by atoms with Crippen LogP contribution >= 0.6 is 11.8 Å². The van der Waals surface area contributed by atoms with Crippen LogP contribution in [0.15, 0.2) is 63.6 Å². The minimum atomic E-state index is -0.391. The fraction of sp³-hybridized carbons (Fsp3) is 0.346. The molecule has 3 aromatic rings. The van der Waals surface area contributed by atoms with E-state index in [9.17, 15) is 4.79 Å². The van der Waals surface area contributed by atoms with Crippen molar-refractivity contribution < 1.29 is 14.1 Å². The van der Waals surface area contributed by atoms with Crippen molar-refractivity contribution in [3.63, 3.8) is 0 Å². The van der Waals surface area contributed by atoms with E-state index in [1.54, 1.807) is 23.8 Å². The number of nitrogens with one attached hydrogen (secondary N) is 1. The van der Waals surface area contributed by atoms with E-state index in [-0.39, 0.29) is 6.03 Å². The summed E-state index contributed by atoms with van der Waals surface area (Å²) >= 11 is 1.68. The summed E-state index contributed by atoms with van der Waals surface area (Å²) < 4.78 is 11.1. The fourth-order valence-electron chi connectivity index (χ4n) is 3.97. The van der Waals surface area contributed by atoms with Gasteiger partial charge >= 0.3 is 6.03 Å².